The number of aliphatic hydroxyl groups is 1. The van der Waals surface area contributed by atoms with Gasteiger partial charge in [0.25, 0.3) is 0 Å². The first-order valence-corrected chi connectivity index (χ1v) is 9.20. The number of urea groups is 1. The van der Waals surface area contributed by atoms with Crippen molar-refractivity contribution in [3.05, 3.63) is 68.7 Å². The topological polar surface area (TPSA) is 78.4 Å². The second-order valence-electron chi connectivity index (χ2n) is 6.35. The second-order valence-corrected chi connectivity index (χ2v) is 7.63. The average Bonchev–Trinajstić information content (AvgIpc) is 2.60. The Morgan fingerprint density at radius 1 is 1.03 bits per heavy atom. The van der Waals surface area contributed by atoms with E-state index in [0.717, 1.165) is 0 Å². The summed E-state index contributed by atoms with van der Waals surface area (Å²) >= 11 is 17.7. The smallest absolute Gasteiger partial charge is 0.366 e. The summed E-state index contributed by atoms with van der Waals surface area (Å²) in [4.78, 5) is 24.6. The van der Waals surface area contributed by atoms with Crippen LogP contribution in [-0.2, 0) is 10.5 Å². The van der Waals surface area contributed by atoms with Gasteiger partial charge >= 0.3 is 12.2 Å². The van der Waals surface area contributed by atoms with Crippen molar-refractivity contribution in [2.75, 3.05) is 0 Å². The van der Waals surface area contributed by atoms with Crippen molar-refractivity contribution < 1.29 is 27.9 Å². The van der Waals surface area contributed by atoms with Gasteiger partial charge in [-0.1, -0.05) is 53.0 Å². The Hall–Kier alpha value is -2.00. The van der Waals surface area contributed by atoms with E-state index in [9.17, 15) is 27.9 Å². The normalized spacial score (nSPS) is 24.6. The summed E-state index contributed by atoms with van der Waals surface area (Å²) < 4.78 is 40.3. The number of carbonyl (C=O) groups excluding carboxylic acids is 2. The highest BCUT2D eigenvalue weighted by molar-refractivity contribution is 6.35. The molecule has 0 aliphatic carbocycles. The minimum absolute atomic E-state index is 0.0131. The fourth-order valence-electron chi connectivity index (χ4n) is 3.24. The first-order valence-electron chi connectivity index (χ1n) is 8.06. The molecule has 154 valence electrons. The number of alkyl halides is 3. The molecular formula is C18H12Cl3F3N2O3. The molecule has 1 fully saturated rings. The maximum Gasteiger partial charge on any atom is 0.450 e. The fraction of sp³-hybridized carbons (Fsp3) is 0.222. The van der Waals surface area contributed by atoms with E-state index in [4.69, 9.17) is 34.8 Å². The Bertz CT molecular complexity index is 969. The van der Waals surface area contributed by atoms with Crippen LogP contribution in [0, 0.1) is 5.92 Å². The van der Waals surface area contributed by atoms with Crippen LogP contribution in [0.2, 0.25) is 15.1 Å². The molecule has 2 aromatic rings. The van der Waals surface area contributed by atoms with E-state index in [0.29, 0.717) is 0 Å². The zero-order valence-corrected chi connectivity index (χ0v) is 16.5. The van der Waals surface area contributed by atoms with Crippen molar-refractivity contribution in [3.8, 4) is 0 Å². The largest absolute Gasteiger partial charge is 0.450 e. The minimum atomic E-state index is -5.30. The molecular weight excluding hydrogens is 456 g/mol. The summed E-state index contributed by atoms with van der Waals surface area (Å²) in [6, 6.07) is 6.32. The standard InChI is InChI=1S/C18H12Cl3F3N2O3/c19-9-3-1-8(2-4-9)17(29)13(15(27)18(22,23)24)14(25-16(28)26-17)11-6-5-10(20)7-12(11)21/h1-7,13-14,29H,(H2,25,26,28). The van der Waals surface area contributed by atoms with Gasteiger partial charge in [-0.05, 0) is 29.8 Å². The summed E-state index contributed by atoms with van der Waals surface area (Å²) in [6.45, 7) is 0. The van der Waals surface area contributed by atoms with Crippen LogP contribution in [0.1, 0.15) is 17.2 Å². The zero-order valence-electron chi connectivity index (χ0n) is 14.2. The molecule has 1 aliphatic heterocycles. The van der Waals surface area contributed by atoms with E-state index >= 15 is 0 Å². The van der Waals surface area contributed by atoms with E-state index in [2.05, 4.69) is 5.32 Å². The number of benzene rings is 2. The molecule has 1 aliphatic rings. The van der Waals surface area contributed by atoms with Crippen molar-refractivity contribution in [3.63, 3.8) is 0 Å². The number of nitrogens with one attached hydrogen (secondary N) is 2. The minimum Gasteiger partial charge on any atom is -0.366 e. The van der Waals surface area contributed by atoms with Crippen LogP contribution in [0.15, 0.2) is 42.5 Å². The van der Waals surface area contributed by atoms with Crippen molar-refractivity contribution in [2.45, 2.75) is 17.9 Å². The van der Waals surface area contributed by atoms with Gasteiger partial charge in [-0.2, -0.15) is 13.2 Å². The van der Waals surface area contributed by atoms with Gasteiger partial charge in [0.2, 0.25) is 5.78 Å². The van der Waals surface area contributed by atoms with Crippen molar-refractivity contribution in [1.29, 1.82) is 0 Å². The Labute approximate surface area is 177 Å². The van der Waals surface area contributed by atoms with Crippen LogP contribution in [-0.4, -0.2) is 23.1 Å². The number of hydrogen-bond donors (Lipinski definition) is 3. The van der Waals surface area contributed by atoms with Crippen LogP contribution < -0.4 is 10.6 Å². The number of hydrogen-bond acceptors (Lipinski definition) is 3. The summed E-state index contributed by atoms with van der Waals surface area (Å²) in [7, 11) is 0. The summed E-state index contributed by atoms with van der Waals surface area (Å²) in [5.41, 5.74) is -2.86. The molecule has 3 rings (SSSR count). The molecule has 0 bridgehead atoms. The molecule has 1 saturated heterocycles. The van der Waals surface area contributed by atoms with Crippen LogP contribution in [0.4, 0.5) is 18.0 Å². The average molecular weight is 468 g/mol. The molecule has 0 saturated carbocycles. The van der Waals surface area contributed by atoms with E-state index in [1.54, 1.807) is 0 Å². The molecule has 0 radical (unpaired) electrons. The van der Waals surface area contributed by atoms with Crippen LogP contribution in [0.3, 0.4) is 0 Å². The zero-order chi connectivity index (χ0) is 21.6. The van der Waals surface area contributed by atoms with Crippen LogP contribution in [0.5, 0.6) is 0 Å². The number of rotatable bonds is 3. The van der Waals surface area contributed by atoms with E-state index in [1.165, 1.54) is 42.5 Å². The SMILES string of the molecule is O=C1NC(c2ccc(Cl)cc2Cl)C(C(=O)C(F)(F)F)C(O)(c2ccc(Cl)cc2)N1. The third-order valence-electron chi connectivity index (χ3n) is 4.52. The van der Waals surface area contributed by atoms with Gasteiger partial charge < -0.3 is 15.7 Å². The molecule has 3 N–H and O–H groups in total. The van der Waals surface area contributed by atoms with Gasteiger partial charge in [0.15, 0.2) is 5.72 Å². The van der Waals surface area contributed by atoms with E-state index in [-0.39, 0.29) is 26.2 Å². The Kier molecular flexibility index (Phi) is 5.75. The van der Waals surface area contributed by atoms with Gasteiger partial charge in [-0.15, -0.1) is 0 Å². The van der Waals surface area contributed by atoms with Gasteiger partial charge in [-0.25, -0.2) is 4.79 Å². The quantitative estimate of drug-likeness (QED) is 0.618. The monoisotopic (exact) mass is 466 g/mol. The lowest BCUT2D eigenvalue weighted by Crippen LogP contribution is -2.66. The third kappa shape index (κ3) is 4.16. The lowest BCUT2D eigenvalue weighted by Gasteiger charge is -2.45. The number of carbonyl (C=O) groups is 2. The molecule has 0 spiro atoms. The maximum atomic E-state index is 13.4. The van der Waals surface area contributed by atoms with Crippen molar-refractivity contribution in [2.24, 2.45) is 5.92 Å². The summed E-state index contributed by atoms with van der Waals surface area (Å²) in [5, 5.41) is 15.8. The molecule has 3 unspecified atom stereocenters. The Morgan fingerprint density at radius 2 is 1.62 bits per heavy atom. The predicted molar refractivity (Wildman–Crippen MR) is 101 cm³/mol. The molecule has 0 aromatic heterocycles. The molecule has 2 amide bonds. The van der Waals surface area contributed by atoms with E-state index in [1.807, 2.05) is 5.32 Å². The first-order chi connectivity index (χ1) is 13.4. The molecule has 2 aromatic carbocycles. The van der Waals surface area contributed by atoms with E-state index < -0.39 is 35.7 Å². The highest BCUT2D eigenvalue weighted by atomic mass is 35.5. The van der Waals surface area contributed by atoms with Crippen molar-refractivity contribution >= 4 is 46.6 Å². The molecule has 1 heterocycles. The second kappa shape index (κ2) is 7.68. The Morgan fingerprint density at radius 3 is 2.17 bits per heavy atom. The molecule has 3 atom stereocenters. The number of Topliss-reactive ketones (excluding diaryl/α,β-unsaturated/α-hetero) is 1. The van der Waals surface area contributed by atoms with Crippen LogP contribution >= 0.6 is 34.8 Å². The summed E-state index contributed by atoms with van der Waals surface area (Å²) in [6.07, 6.45) is -5.30. The van der Waals surface area contributed by atoms with Gasteiger partial charge in [0.05, 0.1) is 6.04 Å². The lowest BCUT2D eigenvalue weighted by atomic mass is 9.76. The fourth-order valence-corrected chi connectivity index (χ4v) is 3.89. The lowest BCUT2D eigenvalue weighted by molar-refractivity contribution is -0.190. The summed E-state index contributed by atoms with van der Waals surface area (Å²) in [5.74, 6) is -4.45. The number of amides is 2. The highest BCUT2D eigenvalue weighted by Crippen LogP contribution is 2.44. The highest BCUT2D eigenvalue weighted by Gasteiger charge is 2.59. The first kappa shape index (κ1) is 21.7. The molecule has 11 heteroatoms. The van der Waals surface area contributed by atoms with Gasteiger partial charge in [0, 0.05) is 20.6 Å². The van der Waals surface area contributed by atoms with Gasteiger partial charge in [-0.3, -0.25) is 4.79 Å². The van der Waals surface area contributed by atoms with Gasteiger partial charge in [0.1, 0.15) is 5.92 Å². The number of ketones is 1. The molecule has 5 nitrogen and oxygen atoms in total. The third-order valence-corrected chi connectivity index (χ3v) is 5.33. The maximum absolute atomic E-state index is 13.4. The predicted octanol–water partition coefficient (Wildman–Crippen LogP) is 4.59. The van der Waals surface area contributed by atoms with Crippen LogP contribution in [0.25, 0.3) is 0 Å². The molecule has 29 heavy (non-hydrogen) atoms. The number of halogens is 6. The van der Waals surface area contributed by atoms with Crippen molar-refractivity contribution in [1.82, 2.24) is 10.6 Å². The Balaban J connectivity index is 2.22.